The lowest BCUT2D eigenvalue weighted by molar-refractivity contribution is 1.20. The third-order valence-electron chi connectivity index (χ3n) is 1.37. The molecule has 2 aromatic heterocycles. The van der Waals surface area contributed by atoms with Crippen molar-refractivity contribution in [1.82, 2.24) is 15.0 Å². The molecule has 60 valence electrons. The molecule has 0 atom stereocenters. The van der Waals surface area contributed by atoms with Gasteiger partial charge in [0.1, 0.15) is 14.7 Å². The molecule has 0 saturated heterocycles. The summed E-state index contributed by atoms with van der Waals surface area (Å²) < 4.78 is 1.50. The van der Waals surface area contributed by atoms with E-state index in [-0.39, 0.29) is 0 Å². The van der Waals surface area contributed by atoms with E-state index >= 15 is 0 Å². The summed E-state index contributed by atoms with van der Waals surface area (Å²) in [5.41, 5.74) is 1.62. The van der Waals surface area contributed by atoms with Crippen LogP contribution in [0.2, 0.25) is 0 Å². The third-order valence-corrected chi connectivity index (χ3v) is 2.18. The van der Waals surface area contributed by atoms with Crippen molar-refractivity contribution in [3.63, 3.8) is 0 Å². The van der Waals surface area contributed by atoms with E-state index in [9.17, 15) is 0 Å². The monoisotopic (exact) mass is 287 g/mol. The maximum absolute atomic E-state index is 4.22. The van der Waals surface area contributed by atoms with Crippen LogP contribution in [0.3, 0.4) is 0 Å². The van der Waals surface area contributed by atoms with Gasteiger partial charge in [0.15, 0.2) is 0 Å². The van der Waals surface area contributed by atoms with Gasteiger partial charge in [0, 0.05) is 0 Å². The third kappa shape index (κ3) is 1.47. The second-order valence-electron chi connectivity index (χ2n) is 2.19. The van der Waals surface area contributed by atoms with Crippen LogP contribution in [0.1, 0.15) is 0 Å². The van der Waals surface area contributed by atoms with Crippen molar-refractivity contribution in [1.29, 1.82) is 0 Å². The number of rotatable bonds is 0. The molecular weight excluding hydrogens is 286 g/mol. The smallest absolute Gasteiger partial charge is 0.125 e. The number of aromatic nitrogens is 3. The van der Waals surface area contributed by atoms with Crippen LogP contribution in [0, 0.1) is 0 Å². The Balaban J connectivity index is 2.80. The Bertz CT molecular complexity index is 393. The predicted octanol–water partition coefficient (Wildman–Crippen LogP) is 2.55. The van der Waals surface area contributed by atoms with Crippen LogP contribution < -0.4 is 0 Å². The molecule has 2 aromatic rings. The molecule has 12 heavy (non-hydrogen) atoms. The number of fused-ring (bicyclic) bond motifs is 1. The Kier molecular flexibility index (Phi) is 2.06. The van der Waals surface area contributed by atoms with Crippen LogP contribution in [0.4, 0.5) is 0 Å². The number of hydrogen-bond donors (Lipinski definition) is 0. The maximum atomic E-state index is 4.22. The highest BCUT2D eigenvalue weighted by Gasteiger charge is 1.98. The highest BCUT2D eigenvalue weighted by Crippen LogP contribution is 2.15. The van der Waals surface area contributed by atoms with E-state index in [0.29, 0.717) is 0 Å². The van der Waals surface area contributed by atoms with E-state index < -0.39 is 0 Å². The molecule has 2 rings (SSSR count). The average molecular weight is 289 g/mol. The molecule has 0 aliphatic rings. The second-order valence-corrected chi connectivity index (χ2v) is 3.81. The van der Waals surface area contributed by atoms with Crippen molar-refractivity contribution in [3.05, 3.63) is 27.7 Å². The van der Waals surface area contributed by atoms with E-state index in [1.807, 2.05) is 6.07 Å². The van der Waals surface area contributed by atoms with Gasteiger partial charge in [0.05, 0.1) is 17.9 Å². The summed E-state index contributed by atoms with van der Waals surface area (Å²) in [6, 6.07) is 1.83. The average Bonchev–Trinajstić information content (AvgIpc) is 2.03. The molecule has 0 N–H and O–H groups in total. The molecule has 5 heteroatoms. The van der Waals surface area contributed by atoms with Crippen molar-refractivity contribution in [2.45, 2.75) is 0 Å². The van der Waals surface area contributed by atoms with E-state index in [1.54, 1.807) is 12.4 Å². The van der Waals surface area contributed by atoms with E-state index in [0.717, 1.165) is 20.2 Å². The molecule has 0 fully saturated rings. The largest absolute Gasteiger partial charge is 0.250 e. The lowest BCUT2D eigenvalue weighted by atomic mass is 10.4. The van der Waals surface area contributed by atoms with Crippen molar-refractivity contribution in [2.24, 2.45) is 0 Å². The maximum Gasteiger partial charge on any atom is 0.125 e. The molecule has 0 aliphatic carbocycles. The van der Waals surface area contributed by atoms with Crippen molar-refractivity contribution < 1.29 is 0 Å². The van der Waals surface area contributed by atoms with E-state index in [1.165, 1.54) is 0 Å². The molecule has 3 nitrogen and oxygen atoms in total. The first-order valence-electron chi connectivity index (χ1n) is 3.19. The summed E-state index contributed by atoms with van der Waals surface area (Å²) in [6.45, 7) is 0. The Morgan fingerprint density at radius 3 is 2.58 bits per heavy atom. The zero-order valence-corrected chi connectivity index (χ0v) is 9.00. The zero-order chi connectivity index (χ0) is 8.55. The number of halogens is 2. The molecule has 0 amide bonds. The first kappa shape index (κ1) is 8.07. The minimum atomic E-state index is 0.730. The van der Waals surface area contributed by atoms with E-state index in [4.69, 9.17) is 0 Å². The fourth-order valence-corrected chi connectivity index (χ4v) is 1.48. The van der Waals surface area contributed by atoms with Gasteiger partial charge < -0.3 is 0 Å². The Hall–Kier alpha value is -0.550. The fraction of sp³-hybridized carbons (Fsp3) is 0. The second kappa shape index (κ2) is 3.06. The summed E-state index contributed by atoms with van der Waals surface area (Å²) in [6.07, 6.45) is 3.33. The molecule has 0 aliphatic heterocycles. The van der Waals surface area contributed by atoms with Gasteiger partial charge >= 0.3 is 0 Å². The van der Waals surface area contributed by atoms with Crippen LogP contribution in [0.15, 0.2) is 27.7 Å². The van der Waals surface area contributed by atoms with Crippen LogP contribution in [0.5, 0.6) is 0 Å². The molecule has 0 saturated carbocycles. The molecular formula is C7H3Br2N3. The Labute approximate surface area is 85.5 Å². The summed E-state index contributed by atoms with van der Waals surface area (Å²) in [4.78, 5) is 12.4. The standard InChI is InChI=1S/C7H3Br2N3/c8-6-1-4-5(2-11-6)10-3-7(9)12-4/h1-3H. The van der Waals surface area contributed by atoms with Crippen LogP contribution in [0.25, 0.3) is 11.0 Å². The Morgan fingerprint density at radius 1 is 0.917 bits per heavy atom. The number of pyridine rings is 1. The zero-order valence-electron chi connectivity index (χ0n) is 5.83. The molecule has 0 spiro atoms. The van der Waals surface area contributed by atoms with Gasteiger partial charge in [-0.15, -0.1) is 0 Å². The minimum Gasteiger partial charge on any atom is -0.250 e. The van der Waals surface area contributed by atoms with Crippen LogP contribution >= 0.6 is 31.9 Å². The quantitative estimate of drug-likeness (QED) is 0.700. The summed E-state index contributed by atoms with van der Waals surface area (Å²) in [5.74, 6) is 0. The van der Waals surface area contributed by atoms with Crippen molar-refractivity contribution in [2.75, 3.05) is 0 Å². The van der Waals surface area contributed by atoms with Crippen LogP contribution in [-0.2, 0) is 0 Å². The SMILES string of the molecule is Brc1cc2nc(Br)cnc2cn1. The summed E-state index contributed by atoms with van der Waals surface area (Å²) in [7, 11) is 0. The predicted molar refractivity (Wildman–Crippen MR) is 52.7 cm³/mol. The number of nitrogens with zero attached hydrogens (tertiary/aromatic N) is 3. The van der Waals surface area contributed by atoms with Crippen LogP contribution in [-0.4, -0.2) is 15.0 Å². The highest BCUT2D eigenvalue weighted by molar-refractivity contribution is 9.10. The normalized spacial score (nSPS) is 10.5. The van der Waals surface area contributed by atoms with Crippen molar-refractivity contribution in [3.8, 4) is 0 Å². The lowest BCUT2D eigenvalue weighted by Gasteiger charge is -1.95. The van der Waals surface area contributed by atoms with Gasteiger partial charge in [0.25, 0.3) is 0 Å². The summed E-state index contributed by atoms with van der Waals surface area (Å²) >= 11 is 6.51. The molecule has 0 unspecified atom stereocenters. The van der Waals surface area contributed by atoms with Gasteiger partial charge in [-0.3, -0.25) is 4.98 Å². The Morgan fingerprint density at radius 2 is 1.75 bits per heavy atom. The van der Waals surface area contributed by atoms with Gasteiger partial charge in [-0.25, -0.2) is 9.97 Å². The number of hydrogen-bond acceptors (Lipinski definition) is 3. The molecule has 2 heterocycles. The van der Waals surface area contributed by atoms with Gasteiger partial charge in [-0.1, -0.05) is 0 Å². The van der Waals surface area contributed by atoms with E-state index in [2.05, 4.69) is 46.8 Å². The summed E-state index contributed by atoms with van der Waals surface area (Å²) in [5, 5.41) is 0. The first-order valence-corrected chi connectivity index (χ1v) is 4.78. The highest BCUT2D eigenvalue weighted by atomic mass is 79.9. The van der Waals surface area contributed by atoms with Gasteiger partial charge in [-0.2, -0.15) is 0 Å². The lowest BCUT2D eigenvalue weighted by Crippen LogP contribution is -1.85. The molecule has 0 aromatic carbocycles. The van der Waals surface area contributed by atoms with Gasteiger partial charge in [-0.05, 0) is 37.9 Å². The minimum absolute atomic E-state index is 0.730. The fourth-order valence-electron chi connectivity index (χ4n) is 0.869. The van der Waals surface area contributed by atoms with Crippen molar-refractivity contribution >= 4 is 42.9 Å². The topological polar surface area (TPSA) is 38.7 Å². The molecule has 0 radical (unpaired) electrons. The molecule has 0 bridgehead atoms. The first-order chi connectivity index (χ1) is 5.75. The van der Waals surface area contributed by atoms with Gasteiger partial charge in [0.2, 0.25) is 0 Å².